The van der Waals surface area contributed by atoms with Crippen molar-refractivity contribution in [2.45, 2.75) is 52.2 Å². The van der Waals surface area contributed by atoms with Gasteiger partial charge in [0.05, 0.1) is 6.10 Å². The van der Waals surface area contributed by atoms with Gasteiger partial charge in [0.15, 0.2) is 0 Å². The fourth-order valence-electron chi connectivity index (χ4n) is 2.42. The van der Waals surface area contributed by atoms with Gasteiger partial charge < -0.3 is 10.1 Å². The number of hydrogen-bond acceptors (Lipinski definition) is 2. The summed E-state index contributed by atoms with van der Waals surface area (Å²) >= 11 is 0. The van der Waals surface area contributed by atoms with E-state index in [-0.39, 0.29) is 12.1 Å². The van der Waals surface area contributed by atoms with Crippen LogP contribution < -0.4 is 5.32 Å². The van der Waals surface area contributed by atoms with Crippen LogP contribution in [0.2, 0.25) is 0 Å². The molecule has 0 saturated carbocycles. The van der Waals surface area contributed by atoms with Crippen LogP contribution in [0, 0.1) is 11.6 Å². The Morgan fingerprint density at radius 3 is 2.50 bits per heavy atom. The lowest BCUT2D eigenvalue weighted by Gasteiger charge is -2.28. The highest BCUT2D eigenvalue weighted by molar-refractivity contribution is 5.20. The maximum Gasteiger partial charge on any atom is 0.129 e. The molecule has 1 aromatic rings. The van der Waals surface area contributed by atoms with Crippen molar-refractivity contribution in [1.29, 1.82) is 0 Å². The second-order valence-electron chi connectivity index (χ2n) is 4.89. The number of rotatable bonds is 9. The normalized spacial score (nSPS) is 14.2. The van der Waals surface area contributed by atoms with Crippen molar-refractivity contribution >= 4 is 0 Å². The summed E-state index contributed by atoms with van der Waals surface area (Å²) in [5.74, 6) is -1.03. The van der Waals surface area contributed by atoms with Crippen LogP contribution in [0.5, 0.6) is 0 Å². The van der Waals surface area contributed by atoms with Crippen molar-refractivity contribution in [2.24, 2.45) is 0 Å². The fourth-order valence-corrected chi connectivity index (χ4v) is 2.42. The van der Waals surface area contributed by atoms with E-state index in [1.807, 2.05) is 13.8 Å². The van der Waals surface area contributed by atoms with Gasteiger partial charge in [0.25, 0.3) is 0 Å². The Kier molecular flexibility index (Phi) is 7.70. The molecule has 0 bridgehead atoms. The van der Waals surface area contributed by atoms with Gasteiger partial charge in [-0.2, -0.15) is 0 Å². The van der Waals surface area contributed by atoms with E-state index in [4.69, 9.17) is 4.74 Å². The highest BCUT2D eigenvalue weighted by Gasteiger charge is 2.22. The van der Waals surface area contributed by atoms with Crippen LogP contribution in [-0.2, 0) is 11.2 Å². The molecule has 2 atom stereocenters. The third kappa shape index (κ3) is 5.17. The Morgan fingerprint density at radius 1 is 1.20 bits per heavy atom. The molecule has 1 N–H and O–H groups in total. The van der Waals surface area contributed by atoms with E-state index in [2.05, 4.69) is 12.2 Å². The van der Waals surface area contributed by atoms with Crippen molar-refractivity contribution in [2.75, 3.05) is 13.2 Å². The lowest BCUT2D eigenvalue weighted by Crippen LogP contribution is -2.43. The van der Waals surface area contributed by atoms with Gasteiger partial charge in [-0.15, -0.1) is 0 Å². The van der Waals surface area contributed by atoms with E-state index >= 15 is 0 Å². The summed E-state index contributed by atoms with van der Waals surface area (Å²) in [6.45, 7) is 7.51. The van der Waals surface area contributed by atoms with Gasteiger partial charge in [-0.05, 0) is 37.9 Å². The Morgan fingerprint density at radius 2 is 1.95 bits per heavy atom. The van der Waals surface area contributed by atoms with Gasteiger partial charge in [-0.1, -0.05) is 26.3 Å². The number of benzene rings is 1. The monoisotopic (exact) mass is 285 g/mol. The first-order valence-corrected chi connectivity index (χ1v) is 7.41. The third-order valence-electron chi connectivity index (χ3n) is 3.32. The first kappa shape index (κ1) is 17.1. The predicted octanol–water partition coefficient (Wildman–Crippen LogP) is 3.69. The van der Waals surface area contributed by atoms with E-state index in [1.54, 1.807) is 0 Å². The van der Waals surface area contributed by atoms with E-state index < -0.39 is 11.6 Å². The van der Waals surface area contributed by atoms with E-state index in [0.29, 0.717) is 18.6 Å². The molecule has 0 aliphatic heterocycles. The van der Waals surface area contributed by atoms with Gasteiger partial charge >= 0.3 is 0 Å². The van der Waals surface area contributed by atoms with Crippen LogP contribution in [0.3, 0.4) is 0 Å². The Labute approximate surface area is 120 Å². The predicted molar refractivity (Wildman–Crippen MR) is 77.8 cm³/mol. The molecule has 0 amide bonds. The zero-order valence-corrected chi connectivity index (χ0v) is 12.6. The van der Waals surface area contributed by atoms with Crippen LogP contribution in [-0.4, -0.2) is 25.3 Å². The first-order valence-electron chi connectivity index (χ1n) is 7.41. The molecule has 0 spiro atoms. The van der Waals surface area contributed by atoms with Crippen LogP contribution in [0.4, 0.5) is 8.78 Å². The SMILES string of the molecule is CCCC(OCC)C(Cc1ccc(F)cc1F)NCC. The smallest absolute Gasteiger partial charge is 0.129 e. The van der Waals surface area contributed by atoms with E-state index in [0.717, 1.165) is 25.5 Å². The minimum absolute atomic E-state index is 0.0415. The first-order chi connectivity index (χ1) is 9.62. The minimum Gasteiger partial charge on any atom is -0.377 e. The van der Waals surface area contributed by atoms with Gasteiger partial charge in [0, 0.05) is 18.7 Å². The zero-order valence-electron chi connectivity index (χ0n) is 12.6. The number of nitrogens with one attached hydrogen (secondary N) is 1. The van der Waals surface area contributed by atoms with Crippen molar-refractivity contribution in [1.82, 2.24) is 5.32 Å². The van der Waals surface area contributed by atoms with Crippen molar-refractivity contribution in [3.05, 3.63) is 35.4 Å². The molecule has 0 fully saturated rings. The van der Waals surface area contributed by atoms with E-state index in [1.165, 1.54) is 12.1 Å². The topological polar surface area (TPSA) is 21.3 Å². The second-order valence-corrected chi connectivity index (χ2v) is 4.89. The van der Waals surface area contributed by atoms with Crippen molar-refractivity contribution < 1.29 is 13.5 Å². The molecular formula is C16H25F2NO. The molecule has 0 aliphatic carbocycles. The summed E-state index contributed by atoms with van der Waals surface area (Å²) in [7, 11) is 0. The Balaban J connectivity index is 2.83. The average Bonchev–Trinajstić information content (AvgIpc) is 2.41. The Hall–Kier alpha value is -1.00. The molecule has 0 aliphatic rings. The van der Waals surface area contributed by atoms with Crippen LogP contribution in [0.25, 0.3) is 0 Å². The molecule has 0 aromatic heterocycles. The maximum atomic E-state index is 13.8. The molecule has 114 valence electrons. The summed E-state index contributed by atoms with van der Waals surface area (Å²) in [5.41, 5.74) is 0.526. The van der Waals surface area contributed by atoms with Gasteiger partial charge in [-0.3, -0.25) is 0 Å². The summed E-state index contributed by atoms with van der Waals surface area (Å²) < 4.78 is 32.5. The van der Waals surface area contributed by atoms with Crippen LogP contribution in [0.15, 0.2) is 18.2 Å². The molecule has 1 rings (SSSR count). The summed E-state index contributed by atoms with van der Waals surface area (Å²) in [5, 5.41) is 3.36. The number of ether oxygens (including phenoxy) is 1. The zero-order chi connectivity index (χ0) is 15.0. The molecule has 2 nitrogen and oxygen atoms in total. The fraction of sp³-hybridized carbons (Fsp3) is 0.625. The molecule has 0 saturated heterocycles. The Bertz CT molecular complexity index is 392. The van der Waals surface area contributed by atoms with Crippen LogP contribution >= 0.6 is 0 Å². The standard InChI is InChI=1S/C16H25F2NO/c1-4-7-16(20-6-3)15(19-5-2)10-12-8-9-13(17)11-14(12)18/h8-9,11,15-16,19H,4-7,10H2,1-3H3. The third-order valence-corrected chi connectivity index (χ3v) is 3.32. The maximum absolute atomic E-state index is 13.8. The number of likely N-dealkylation sites (N-methyl/N-ethyl adjacent to an activating group) is 1. The molecular weight excluding hydrogens is 260 g/mol. The second kappa shape index (κ2) is 9.03. The van der Waals surface area contributed by atoms with E-state index in [9.17, 15) is 8.78 Å². The van der Waals surface area contributed by atoms with Gasteiger partial charge in [0.2, 0.25) is 0 Å². The minimum atomic E-state index is -0.541. The number of hydrogen-bond donors (Lipinski definition) is 1. The van der Waals surface area contributed by atoms with Crippen molar-refractivity contribution in [3.63, 3.8) is 0 Å². The highest BCUT2D eigenvalue weighted by Crippen LogP contribution is 2.16. The molecule has 2 unspecified atom stereocenters. The quantitative estimate of drug-likeness (QED) is 0.747. The largest absolute Gasteiger partial charge is 0.377 e. The average molecular weight is 285 g/mol. The number of halogens is 2. The molecule has 1 aromatic carbocycles. The van der Waals surface area contributed by atoms with Gasteiger partial charge in [-0.25, -0.2) is 8.78 Å². The summed E-state index contributed by atoms with van der Waals surface area (Å²) in [6, 6.07) is 3.80. The molecule has 0 heterocycles. The van der Waals surface area contributed by atoms with Crippen molar-refractivity contribution in [3.8, 4) is 0 Å². The molecule has 0 radical (unpaired) electrons. The molecule has 20 heavy (non-hydrogen) atoms. The summed E-state index contributed by atoms with van der Waals surface area (Å²) in [6.07, 6.45) is 2.49. The lowest BCUT2D eigenvalue weighted by molar-refractivity contribution is 0.0284. The lowest BCUT2D eigenvalue weighted by atomic mass is 9.97. The van der Waals surface area contributed by atoms with Crippen LogP contribution in [0.1, 0.15) is 39.2 Å². The highest BCUT2D eigenvalue weighted by atomic mass is 19.1. The summed E-state index contributed by atoms with van der Waals surface area (Å²) in [4.78, 5) is 0. The molecule has 4 heteroatoms. The van der Waals surface area contributed by atoms with Gasteiger partial charge in [0.1, 0.15) is 11.6 Å².